The van der Waals surface area contributed by atoms with Crippen molar-refractivity contribution in [3.05, 3.63) is 12.2 Å². The molecular weight excluding hydrogens is 270 g/mol. The fraction of sp³-hybridized carbons (Fsp3) is 0.625. The first kappa shape index (κ1) is 11.0. The van der Waals surface area contributed by atoms with Crippen molar-refractivity contribution < 1.29 is 9.53 Å². The van der Waals surface area contributed by atoms with Crippen molar-refractivity contribution in [3.8, 4) is 0 Å². The molecule has 2 rings (SSSR count). The third kappa shape index (κ3) is 1.12. The maximum atomic E-state index is 11.8. The molecule has 14 heavy (non-hydrogen) atoms. The first-order valence-corrected chi connectivity index (χ1v) is 5.41. The van der Waals surface area contributed by atoms with Crippen LogP contribution in [-0.2, 0) is 9.53 Å². The number of ether oxygens (including phenoxy) is 1. The van der Waals surface area contributed by atoms with Gasteiger partial charge in [-0.3, -0.25) is 4.79 Å². The summed E-state index contributed by atoms with van der Waals surface area (Å²) in [6.45, 7) is 1.62. The minimum absolute atomic E-state index is 0.639. The quantitative estimate of drug-likeness (QED) is 0.502. The van der Waals surface area contributed by atoms with Gasteiger partial charge in [-0.2, -0.15) is 0 Å². The lowest BCUT2D eigenvalue weighted by molar-refractivity contribution is -0.139. The van der Waals surface area contributed by atoms with Crippen LogP contribution in [0.1, 0.15) is 6.92 Å². The van der Waals surface area contributed by atoms with Crippen LogP contribution in [0, 0.1) is 0 Å². The molecule has 2 heterocycles. The molecule has 2 atom stereocenters. The summed E-state index contributed by atoms with van der Waals surface area (Å²) in [6.07, 6.45) is 2.53. The van der Waals surface area contributed by atoms with Crippen molar-refractivity contribution in [2.24, 2.45) is 0 Å². The van der Waals surface area contributed by atoms with Gasteiger partial charge in [-0.25, -0.2) is 0 Å². The van der Waals surface area contributed by atoms with E-state index in [-0.39, 0.29) is 0 Å². The molecule has 0 aliphatic carbocycles. The normalized spacial score (nSPS) is 42.9. The molecule has 0 aromatic carbocycles. The van der Waals surface area contributed by atoms with Crippen LogP contribution in [0.15, 0.2) is 12.2 Å². The lowest BCUT2D eigenvalue weighted by Gasteiger charge is -2.44. The average molecular weight is 276 g/mol. The van der Waals surface area contributed by atoms with Crippen molar-refractivity contribution in [2.45, 2.75) is 27.3 Å². The highest BCUT2D eigenvalue weighted by Gasteiger charge is 2.67. The van der Waals surface area contributed by atoms with Crippen molar-refractivity contribution in [3.63, 3.8) is 0 Å². The van der Waals surface area contributed by atoms with E-state index in [4.69, 9.17) is 51.1 Å². The van der Waals surface area contributed by atoms with Crippen molar-refractivity contribution in [1.82, 2.24) is 0 Å². The zero-order valence-corrected chi connectivity index (χ0v) is 10.1. The highest BCUT2D eigenvalue weighted by Crippen LogP contribution is 2.54. The van der Waals surface area contributed by atoms with E-state index in [0.29, 0.717) is 0 Å². The predicted molar refractivity (Wildman–Crippen MR) is 56.3 cm³/mol. The second-order valence-electron chi connectivity index (χ2n) is 3.53. The molecule has 0 unspecified atom stereocenters. The second-order valence-corrected chi connectivity index (χ2v) is 6.24. The first-order chi connectivity index (χ1) is 6.22. The Labute approximate surface area is 101 Å². The number of hydrogen-bond donors (Lipinski definition) is 0. The molecule has 2 aliphatic heterocycles. The monoisotopic (exact) mass is 274 g/mol. The topological polar surface area (TPSA) is 26.3 Å². The third-order valence-corrected chi connectivity index (χ3v) is 4.40. The Hall–Kier alpha value is 0.530. The van der Waals surface area contributed by atoms with E-state index in [1.807, 2.05) is 0 Å². The molecule has 6 heteroatoms. The maximum absolute atomic E-state index is 11.8. The van der Waals surface area contributed by atoms with Crippen LogP contribution in [0.3, 0.4) is 0 Å². The molecule has 0 N–H and O–H groups in total. The van der Waals surface area contributed by atoms with Crippen molar-refractivity contribution in [2.75, 3.05) is 0 Å². The smallest absolute Gasteiger partial charge is 0.210 e. The van der Waals surface area contributed by atoms with E-state index in [2.05, 4.69) is 0 Å². The largest absolute Gasteiger partial charge is 0.357 e. The van der Waals surface area contributed by atoms with Gasteiger partial charge >= 0.3 is 0 Å². The van der Waals surface area contributed by atoms with E-state index in [1.165, 1.54) is 0 Å². The first-order valence-electron chi connectivity index (χ1n) is 3.89. The fourth-order valence-electron chi connectivity index (χ4n) is 1.55. The summed E-state index contributed by atoms with van der Waals surface area (Å²) in [5, 5.41) is 0. The molecule has 78 valence electrons. The number of carbonyl (C=O) groups is 1. The van der Waals surface area contributed by atoms with Crippen LogP contribution < -0.4 is 0 Å². The molecule has 0 spiro atoms. The van der Waals surface area contributed by atoms with Gasteiger partial charge in [0.15, 0.2) is 0 Å². The molecule has 1 saturated heterocycles. The number of rotatable bonds is 0. The summed E-state index contributed by atoms with van der Waals surface area (Å²) < 4.78 is 1.96. The molecule has 0 saturated carbocycles. The molecule has 2 nitrogen and oxygen atoms in total. The van der Waals surface area contributed by atoms with Crippen molar-refractivity contribution in [1.29, 1.82) is 0 Å². The van der Waals surface area contributed by atoms with E-state index in [9.17, 15) is 4.79 Å². The molecule has 2 bridgehead atoms. The SMILES string of the molecule is C[C@@]12C=C[C@H](O1)C(Cl)(Cl)C(=O)C2(Cl)Cl. The summed E-state index contributed by atoms with van der Waals surface area (Å²) in [7, 11) is 0. The van der Waals surface area contributed by atoms with E-state index >= 15 is 0 Å². The van der Waals surface area contributed by atoms with Crippen LogP contribution >= 0.6 is 46.4 Å². The number of ketones is 1. The van der Waals surface area contributed by atoms with E-state index in [0.717, 1.165) is 0 Å². The van der Waals surface area contributed by atoms with Crippen LogP contribution in [0.25, 0.3) is 0 Å². The Kier molecular flexibility index (Phi) is 2.21. The summed E-state index contributed by atoms with van der Waals surface area (Å²) in [6, 6.07) is 0. The van der Waals surface area contributed by atoms with Gasteiger partial charge in [0.2, 0.25) is 14.4 Å². The number of hydrogen-bond acceptors (Lipinski definition) is 2. The zero-order chi connectivity index (χ0) is 10.8. The summed E-state index contributed by atoms with van der Waals surface area (Å²) in [4.78, 5) is 11.8. The van der Waals surface area contributed by atoms with Crippen LogP contribution in [0.5, 0.6) is 0 Å². The number of carbonyl (C=O) groups excluding carboxylic acids is 1. The van der Waals surface area contributed by atoms with Gasteiger partial charge in [0, 0.05) is 0 Å². The minimum atomic E-state index is -1.75. The van der Waals surface area contributed by atoms with Crippen LogP contribution in [-0.4, -0.2) is 26.2 Å². The Morgan fingerprint density at radius 1 is 1.36 bits per heavy atom. The Balaban J connectivity index is 2.55. The van der Waals surface area contributed by atoms with Gasteiger partial charge in [-0.1, -0.05) is 58.6 Å². The highest BCUT2D eigenvalue weighted by atomic mass is 35.5. The van der Waals surface area contributed by atoms with Gasteiger partial charge < -0.3 is 4.74 Å². The van der Waals surface area contributed by atoms with Gasteiger partial charge in [0.05, 0.1) is 0 Å². The number of Topliss-reactive ketones (excluding diaryl/α,β-unsaturated/α-hetero) is 1. The summed E-state index contributed by atoms with van der Waals surface area (Å²) in [5.41, 5.74) is -1.05. The third-order valence-electron chi connectivity index (χ3n) is 2.53. The van der Waals surface area contributed by atoms with E-state index in [1.54, 1.807) is 19.1 Å². The van der Waals surface area contributed by atoms with Gasteiger partial charge in [0.25, 0.3) is 0 Å². The molecule has 0 aromatic rings. The molecule has 0 aromatic heterocycles. The van der Waals surface area contributed by atoms with Crippen molar-refractivity contribution >= 4 is 52.2 Å². The number of halogens is 4. The number of fused-ring (bicyclic) bond motifs is 2. The number of alkyl halides is 4. The second kappa shape index (κ2) is 2.80. The zero-order valence-electron chi connectivity index (χ0n) is 7.06. The van der Waals surface area contributed by atoms with Crippen LogP contribution in [0.2, 0.25) is 0 Å². The van der Waals surface area contributed by atoms with Gasteiger partial charge in [-0.15, -0.1) is 0 Å². The molecule has 2 aliphatic rings. The highest BCUT2D eigenvalue weighted by molar-refractivity contribution is 6.70. The average Bonchev–Trinajstić information content (AvgIpc) is 2.45. The van der Waals surface area contributed by atoms with Crippen LogP contribution in [0.4, 0.5) is 0 Å². The Morgan fingerprint density at radius 2 is 1.93 bits per heavy atom. The standard InChI is InChI=1S/C8H6Cl4O2/c1-6-3-2-4(14-6)7(9,10)5(13)8(6,11)12/h2-4H,1H3/t4-,6-/m0/s1. The summed E-state index contributed by atoms with van der Waals surface area (Å²) >= 11 is 23.5. The van der Waals surface area contributed by atoms with Gasteiger partial charge in [-0.05, 0) is 6.92 Å². The summed E-state index contributed by atoms with van der Waals surface area (Å²) in [5.74, 6) is -0.639. The molecular formula is C8H6Cl4O2. The predicted octanol–water partition coefficient (Wildman–Crippen LogP) is 2.63. The lowest BCUT2D eigenvalue weighted by atomic mass is 9.95. The Bertz CT molecular complexity index is 336. The molecule has 0 radical (unpaired) electrons. The minimum Gasteiger partial charge on any atom is -0.357 e. The molecule has 0 amide bonds. The van der Waals surface area contributed by atoms with E-state index < -0.39 is 26.2 Å². The maximum Gasteiger partial charge on any atom is 0.210 e. The molecule has 1 fully saturated rings. The Morgan fingerprint density at radius 3 is 2.50 bits per heavy atom. The lowest BCUT2D eigenvalue weighted by Crippen LogP contribution is -2.62. The van der Waals surface area contributed by atoms with Gasteiger partial charge in [0.1, 0.15) is 11.7 Å². The fourth-order valence-corrected chi connectivity index (χ4v) is 2.78.